The van der Waals surface area contributed by atoms with Gasteiger partial charge in [-0.2, -0.15) is 0 Å². The zero-order chi connectivity index (χ0) is 8.27. The third-order valence-electron chi connectivity index (χ3n) is 1.40. The van der Waals surface area contributed by atoms with Crippen LogP contribution in [0.5, 0.6) is 0 Å². The van der Waals surface area contributed by atoms with Gasteiger partial charge in [0.25, 0.3) is 0 Å². The van der Waals surface area contributed by atoms with Gasteiger partial charge in [0, 0.05) is 16.9 Å². The lowest BCUT2D eigenvalue weighted by atomic mass is 10.1. The maximum absolute atomic E-state index is 8.75. The number of aromatic nitrogens is 1. The molecule has 1 rings (SSSR count). The molecule has 1 aromatic heterocycles. The van der Waals surface area contributed by atoms with Gasteiger partial charge in [0.2, 0.25) is 0 Å². The lowest BCUT2D eigenvalue weighted by Gasteiger charge is -2.08. The summed E-state index contributed by atoms with van der Waals surface area (Å²) in [5.74, 6) is 0. The fourth-order valence-electron chi connectivity index (χ4n) is 0.785. The summed E-state index contributed by atoms with van der Waals surface area (Å²) >= 11 is 3.28. The van der Waals surface area contributed by atoms with E-state index in [1.165, 1.54) is 0 Å². The van der Waals surface area contributed by atoms with Crippen molar-refractivity contribution in [2.45, 2.75) is 6.04 Å². The highest BCUT2D eigenvalue weighted by Gasteiger charge is 2.06. The molecule has 4 heteroatoms. The molecule has 0 radical (unpaired) electrons. The Morgan fingerprint density at radius 3 is 3.00 bits per heavy atom. The zero-order valence-corrected chi connectivity index (χ0v) is 7.45. The summed E-state index contributed by atoms with van der Waals surface area (Å²) in [6.07, 6.45) is 3.31. The van der Waals surface area contributed by atoms with Crippen molar-refractivity contribution in [2.24, 2.45) is 5.73 Å². The topological polar surface area (TPSA) is 59.1 Å². The molecule has 1 aromatic rings. The van der Waals surface area contributed by atoms with Crippen LogP contribution in [0.2, 0.25) is 0 Å². The van der Waals surface area contributed by atoms with E-state index in [0.29, 0.717) is 0 Å². The number of aliphatic hydroxyl groups excluding tert-OH is 1. The summed E-state index contributed by atoms with van der Waals surface area (Å²) in [5.41, 5.74) is 6.46. The van der Waals surface area contributed by atoms with Crippen LogP contribution in [0, 0.1) is 0 Å². The average molecular weight is 217 g/mol. The van der Waals surface area contributed by atoms with Gasteiger partial charge in [0.05, 0.1) is 12.6 Å². The molecule has 0 aliphatic carbocycles. The number of aliphatic hydroxyl groups is 1. The van der Waals surface area contributed by atoms with Gasteiger partial charge in [-0.15, -0.1) is 0 Å². The van der Waals surface area contributed by atoms with Gasteiger partial charge in [-0.25, -0.2) is 0 Å². The highest BCUT2D eigenvalue weighted by Crippen LogP contribution is 2.19. The summed E-state index contributed by atoms with van der Waals surface area (Å²) < 4.78 is 0.835. The van der Waals surface area contributed by atoms with E-state index in [1.807, 2.05) is 0 Å². The molecule has 0 saturated carbocycles. The number of halogens is 1. The van der Waals surface area contributed by atoms with Crippen LogP contribution in [0.1, 0.15) is 11.6 Å². The number of hydrogen-bond donors (Lipinski definition) is 2. The average Bonchev–Trinajstić information content (AvgIpc) is 2.04. The van der Waals surface area contributed by atoms with Crippen molar-refractivity contribution in [1.82, 2.24) is 4.98 Å². The van der Waals surface area contributed by atoms with Crippen molar-refractivity contribution in [2.75, 3.05) is 6.61 Å². The maximum atomic E-state index is 8.75. The molecule has 0 unspecified atom stereocenters. The van der Waals surface area contributed by atoms with E-state index in [-0.39, 0.29) is 12.6 Å². The van der Waals surface area contributed by atoms with Crippen LogP contribution in [-0.4, -0.2) is 16.7 Å². The van der Waals surface area contributed by atoms with E-state index in [4.69, 9.17) is 10.8 Å². The van der Waals surface area contributed by atoms with E-state index < -0.39 is 0 Å². The van der Waals surface area contributed by atoms with E-state index >= 15 is 0 Å². The Hall–Kier alpha value is -0.450. The second kappa shape index (κ2) is 3.80. The molecule has 0 fully saturated rings. The Balaban J connectivity index is 2.93. The molecule has 1 heterocycles. The lowest BCUT2D eigenvalue weighted by Crippen LogP contribution is -2.14. The summed E-state index contributed by atoms with van der Waals surface area (Å²) in [6.45, 7) is -0.0530. The van der Waals surface area contributed by atoms with Crippen LogP contribution in [0.25, 0.3) is 0 Å². The standard InChI is InChI=1S/C7H9BrN2O/c8-6-3-10-2-1-5(6)7(9)4-11/h1-3,7,11H,4,9H2/t7-/m1/s1. The van der Waals surface area contributed by atoms with Crippen LogP contribution in [-0.2, 0) is 0 Å². The van der Waals surface area contributed by atoms with E-state index in [1.54, 1.807) is 18.5 Å². The predicted molar refractivity (Wildman–Crippen MR) is 46.0 cm³/mol. The molecule has 0 amide bonds. The molecule has 0 bridgehead atoms. The molecular formula is C7H9BrN2O. The first-order valence-electron chi connectivity index (χ1n) is 3.21. The van der Waals surface area contributed by atoms with Crippen molar-refractivity contribution < 1.29 is 5.11 Å². The van der Waals surface area contributed by atoms with E-state index in [9.17, 15) is 0 Å². The minimum Gasteiger partial charge on any atom is -0.394 e. The predicted octanol–water partition coefficient (Wildman–Crippen LogP) is 0.836. The third-order valence-corrected chi connectivity index (χ3v) is 2.06. The van der Waals surface area contributed by atoms with E-state index in [2.05, 4.69) is 20.9 Å². The van der Waals surface area contributed by atoms with Gasteiger partial charge >= 0.3 is 0 Å². The highest BCUT2D eigenvalue weighted by molar-refractivity contribution is 9.10. The van der Waals surface area contributed by atoms with Crippen molar-refractivity contribution in [3.05, 3.63) is 28.5 Å². The second-order valence-corrected chi connectivity index (χ2v) is 3.04. The largest absolute Gasteiger partial charge is 0.394 e. The summed E-state index contributed by atoms with van der Waals surface area (Å²) in [4.78, 5) is 3.88. The molecule has 11 heavy (non-hydrogen) atoms. The molecule has 60 valence electrons. The molecule has 0 spiro atoms. The first-order chi connectivity index (χ1) is 5.25. The Bertz CT molecular complexity index is 242. The SMILES string of the molecule is N[C@H](CO)c1ccncc1Br. The monoisotopic (exact) mass is 216 g/mol. The Morgan fingerprint density at radius 1 is 1.73 bits per heavy atom. The Labute approximate surface area is 73.4 Å². The van der Waals surface area contributed by atoms with Crippen molar-refractivity contribution >= 4 is 15.9 Å². The smallest absolute Gasteiger partial charge is 0.0624 e. The maximum Gasteiger partial charge on any atom is 0.0624 e. The van der Waals surface area contributed by atoms with Gasteiger partial charge < -0.3 is 10.8 Å². The molecule has 3 N–H and O–H groups in total. The van der Waals surface area contributed by atoms with Gasteiger partial charge in [-0.05, 0) is 27.6 Å². The van der Waals surface area contributed by atoms with Crippen LogP contribution >= 0.6 is 15.9 Å². The lowest BCUT2D eigenvalue weighted by molar-refractivity contribution is 0.267. The van der Waals surface area contributed by atoms with Crippen molar-refractivity contribution in [3.63, 3.8) is 0 Å². The molecule has 0 aliphatic rings. The highest BCUT2D eigenvalue weighted by atomic mass is 79.9. The second-order valence-electron chi connectivity index (χ2n) is 2.19. The Kier molecular flexibility index (Phi) is 2.99. The fraction of sp³-hybridized carbons (Fsp3) is 0.286. The number of nitrogens with two attached hydrogens (primary N) is 1. The molecular weight excluding hydrogens is 208 g/mol. The van der Waals surface area contributed by atoms with Crippen molar-refractivity contribution in [1.29, 1.82) is 0 Å². The number of nitrogens with zero attached hydrogens (tertiary/aromatic N) is 1. The summed E-state index contributed by atoms with van der Waals surface area (Å²) in [6, 6.07) is 1.46. The summed E-state index contributed by atoms with van der Waals surface area (Å²) in [7, 11) is 0. The first-order valence-corrected chi connectivity index (χ1v) is 4.01. The quantitative estimate of drug-likeness (QED) is 0.771. The fourth-order valence-corrected chi connectivity index (χ4v) is 1.33. The number of hydrogen-bond acceptors (Lipinski definition) is 3. The number of rotatable bonds is 2. The van der Waals surface area contributed by atoms with Crippen LogP contribution in [0.3, 0.4) is 0 Å². The van der Waals surface area contributed by atoms with Crippen molar-refractivity contribution in [3.8, 4) is 0 Å². The third kappa shape index (κ3) is 1.99. The molecule has 0 aliphatic heterocycles. The molecule has 1 atom stereocenters. The van der Waals surface area contributed by atoms with Crippen LogP contribution < -0.4 is 5.73 Å². The van der Waals surface area contributed by atoms with Gasteiger partial charge in [-0.3, -0.25) is 4.98 Å². The minimum absolute atomic E-state index is 0.0530. The number of pyridine rings is 1. The van der Waals surface area contributed by atoms with Crippen LogP contribution in [0.15, 0.2) is 22.9 Å². The minimum atomic E-state index is -0.327. The van der Waals surface area contributed by atoms with Gasteiger partial charge in [-0.1, -0.05) is 0 Å². The van der Waals surface area contributed by atoms with Gasteiger partial charge in [0.15, 0.2) is 0 Å². The Morgan fingerprint density at radius 2 is 2.45 bits per heavy atom. The normalized spacial score (nSPS) is 13.0. The molecule has 3 nitrogen and oxygen atoms in total. The molecule has 0 saturated heterocycles. The van der Waals surface area contributed by atoms with E-state index in [0.717, 1.165) is 10.0 Å². The summed E-state index contributed by atoms with van der Waals surface area (Å²) in [5, 5.41) is 8.75. The van der Waals surface area contributed by atoms with Gasteiger partial charge in [0.1, 0.15) is 0 Å². The molecule has 0 aromatic carbocycles. The first kappa shape index (κ1) is 8.64. The zero-order valence-electron chi connectivity index (χ0n) is 5.87. The van der Waals surface area contributed by atoms with Crippen LogP contribution in [0.4, 0.5) is 0 Å².